The molecule has 0 spiro atoms. The third kappa shape index (κ3) is 10.2. The van der Waals surface area contributed by atoms with Crippen LogP contribution in [0.3, 0.4) is 0 Å². The number of carbonyl (C=O) groups is 2. The molecule has 0 saturated carbocycles. The summed E-state index contributed by atoms with van der Waals surface area (Å²) in [5.74, 6) is -0.750. The van der Waals surface area contributed by atoms with Gasteiger partial charge in [0.25, 0.3) is 0 Å². The summed E-state index contributed by atoms with van der Waals surface area (Å²) in [7, 11) is 0. The fourth-order valence-corrected chi connectivity index (χ4v) is 2.25. The zero-order valence-electron chi connectivity index (χ0n) is 16.6. The second-order valence-corrected chi connectivity index (χ2v) is 5.95. The van der Waals surface area contributed by atoms with Gasteiger partial charge in [-0.1, -0.05) is 38.1 Å². The molecule has 0 fully saturated rings. The number of pyridine rings is 2. The molecule has 0 aliphatic carbocycles. The molecule has 3 rings (SSSR count). The Labute approximate surface area is 180 Å². The van der Waals surface area contributed by atoms with E-state index in [1.807, 2.05) is 12.1 Å². The standard InChI is InChI=1S/C12H8N2.2C5H8O2.Co/c1-3-9-5-6-10-4-2-8-14-12(10)11(9)13-7-1;2*1-4(6)3-5(2)7;/h1-8H;2*3,6H,1-2H3;/q;;;+2/p-2/b;2*4-3-;. The van der Waals surface area contributed by atoms with E-state index in [1.54, 1.807) is 12.4 Å². The molecule has 0 atom stereocenters. The molecule has 0 N–H and O–H groups in total. The van der Waals surface area contributed by atoms with E-state index in [2.05, 4.69) is 34.2 Å². The zero-order valence-corrected chi connectivity index (χ0v) is 17.7. The van der Waals surface area contributed by atoms with Crippen LogP contribution < -0.4 is 10.2 Å². The van der Waals surface area contributed by atoms with Crippen LogP contribution in [-0.4, -0.2) is 21.5 Å². The van der Waals surface area contributed by atoms with Gasteiger partial charge in [0, 0.05) is 23.2 Å². The van der Waals surface area contributed by atoms with Gasteiger partial charge < -0.3 is 10.2 Å². The van der Waals surface area contributed by atoms with Crippen molar-refractivity contribution >= 4 is 33.4 Å². The Hall–Kier alpha value is -3.03. The Balaban J connectivity index is 0.000000451. The number of hydrogen-bond donors (Lipinski definition) is 0. The molecule has 7 heteroatoms. The van der Waals surface area contributed by atoms with Gasteiger partial charge in [-0.25, -0.2) is 0 Å². The molecule has 29 heavy (non-hydrogen) atoms. The molecule has 153 valence electrons. The van der Waals surface area contributed by atoms with Gasteiger partial charge in [0.05, 0.1) is 11.0 Å². The van der Waals surface area contributed by atoms with Crippen molar-refractivity contribution in [2.24, 2.45) is 0 Å². The van der Waals surface area contributed by atoms with Crippen molar-refractivity contribution < 1.29 is 36.6 Å². The number of fused-ring (bicyclic) bond motifs is 3. The van der Waals surface area contributed by atoms with Crippen molar-refractivity contribution in [1.29, 1.82) is 0 Å². The first-order valence-electron chi connectivity index (χ1n) is 8.51. The molecule has 0 amide bonds. The third-order valence-corrected chi connectivity index (χ3v) is 3.16. The largest absolute Gasteiger partial charge is 2.00 e. The summed E-state index contributed by atoms with van der Waals surface area (Å²) in [6, 6.07) is 12.1. The minimum Gasteiger partial charge on any atom is -0.876 e. The monoisotopic (exact) mass is 437 g/mol. The first-order valence-corrected chi connectivity index (χ1v) is 8.51. The molecule has 1 aromatic carbocycles. The first kappa shape index (κ1) is 26.0. The van der Waals surface area contributed by atoms with Crippen molar-refractivity contribution in [3.05, 3.63) is 72.5 Å². The molecule has 0 aliphatic heterocycles. The summed E-state index contributed by atoms with van der Waals surface area (Å²) in [4.78, 5) is 28.6. The van der Waals surface area contributed by atoms with Crippen LogP contribution in [0.2, 0.25) is 0 Å². The van der Waals surface area contributed by atoms with E-state index in [0.29, 0.717) is 0 Å². The number of ketones is 2. The normalized spacial score (nSPS) is 10.8. The molecule has 2 heterocycles. The number of allylic oxidation sites excluding steroid dienone is 4. The van der Waals surface area contributed by atoms with E-state index in [1.165, 1.54) is 27.7 Å². The summed E-state index contributed by atoms with van der Waals surface area (Å²) >= 11 is 0. The maximum absolute atomic E-state index is 9.98. The van der Waals surface area contributed by atoms with E-state index in [9.17, 15) is 19.8 Å². The van der Waals surface area contributed by atoms with Crippen LogP contribution in [0.4, 0.5) is 0 Å². The van der Waals surface area contributed by atoms with Crippen LogP contribution in [0, 0.1) is 0 Å². The Morgan fingerprint density at radius 1 is 0.724 bits per heavy atom. The number of nitrogens with zero attached hydrogens (tertiary/aromatic N) is 2. The summed E-state index contributed by atoms with van der Waals surface area (Å²) < 4.78 is 0. The molecule has 0 unspecified atom stereocenters. The first-order chi connectivity index (χ1) is 13.2. The molecule has 3 aromatic rings. The van der Waals surface area contributed by atoms with Crippen molar-refractivity contribution in [3.63, 3.8) is 0 Å². The maximum atomic E-state index is 9.98. The molecule has 0 saturated heterocycles. The zero-order chi connectivity index (χ0) is 21.1. The second-order valence-electron chi connectivity index (χ2n) is 5.95. The van der Waals surface area contributed by atoms with Gasteiger partial charge in [0.1, 0.15) is 0 Å². The van der Waals surface area contributed by atoms with Crippen LogP contribution in [-0.2, 0) is 26.4 Å². The molecule has 0 aliphatic rings. The van der Waals surface area contributed by atoms with Crippen molar-refractivity contribution in [1.82, 2.24) is 9.97 Å². The summed E-state index contributed by atoms with van der Waals surface area (Å²) in [6.45, 7) is 5.39. The minimum absolute atomic E-state index is 0. The van der Waals surface area contributed by atoms with Gasteiger partial charge in [-0.15, -0.1) is 11.5 Å². The Morgan fingerprint density at radius 2 is 1.07 bits per heavy atom. The molecule has 1 radical (unpaired) electrons. The maximum Gasteiger partial charge on any atom is 2.00 e. The van der Waals surface area contributed by atoms with E-state index < -0.39 is 0 Å². The van der Waals surface area contributed by atoms with Gasteiger partial charge in [0.15, 0.2) is 11.6 Å². The average molecular weight is 437 g/mol. The van der Waals surface area contributed by atoms with Gasteiger partial charge in [0.2, 0.25) is 0 Å². The summed E-state index contributed by atoms with van der Waals surface area (Å²) in [5, 5.41) is 22.2. The summed E-state index contributed by atoms with van der Waals surface area (Å²) in [5.41, 5.74) is 1.95. The van der Waals surface area contributed by atoms with E-state index in [0.717, 1.165) is 34.0 Å². The van der Waals surface area contributed by atoms with Crippen LogP contribution in [0.1, 0.15) is 27.7 Å². The predicted molar refractivity (Wildman–Crippen MR) is 106 cm³/mol. The third-order valence-electron chi connectivity index (χ3n) is 3.16. The number of rotatable bonds is 2. The van der Waals surface area contributed by atoms with Gasteiger partial charge in [-0.3, -0.25) is 19.6 Å². The van der Waals surface area contributed by atoms with E-state index in [4.69, 9.17) is 0 Å². The second kappa shape index (κ2) is 13.2. The van der Waals surface area contributed by atoms with Crippen LogP contribution in [0.15, 0.2) is 72.5 Å². The number of carbonyl (C=O) groups excluding carboxylic acids is 2. The summed E-state index contributed by atoms with van der Waals surface area (Å²) in [6.07, 6.45) is 5.72. The average Bonchev–Trinajstić information content (AvgIpc) is 2.60. The Bertz CT molecular complexity index is 939. The SMILES string of the molecule is CC(=O)/C=C(/C)[O-].CC(=O)/C=C(/C)[O-].[Co+2].c1cnc2c(c1)ccc1cccnc12. The topological polar surface area (TPSA) is 106 Å². The van der Waals surface area contributed by atoms with Gasteiger partial charge in [-0.05, 0) is 38.1 Å². The number of benzene rings is 1. The molecular formula is C22H22CoN2O4. The molecule has 0 bridgehead atoms. The van der Waals surface area contributed by atoms with E-state index in [-0.39, 0.29) is 39.9 Å². The van der Waals surface area contributed by atoms with Crippen LogP contribution in [0.25, 0.3) is 21.8 Å². The van der Waals surface area contributed by atoms with Crippen molar-refractivity contribution in [2.45, 2.75) is 27.7 Å². The van der Waals surface area contributed by atoms with Gasteiger partial charge in [-0.2, -0.15) is 0 Å². The fraction of sp³-hybridized carbons (Fsp3) is 0.182. The number of aromatic nitrogens is 2. The Kier molecular flexibility index (Phi) is 11.8. The Morgan fingerprint density at radius 3 is 1.31 bits per heavy atom. The fourth-order valence-electron chi connectivity index (χ4n) is 2.25. The smallest absolute Gasteiger partial charge is 0.876 e. The van der Waals surface area contributed by atoms with Crippen LogP contribution >= 0.6 is 0 Å². The van der Waals surface area contributed by atoms with Crippen molar-refractivity contribution in [2.75, 3.05) is 0 Å². The van der Waals surface area contributed by atoms with Gasteiger partial charge >= 0.3 is 16.8 Å². The van der Waals surface area contributed by atoms with Crippen LogP contribution in [0.5, 0.6) is 0 Å². The molecule has 6 nitrogen and oxygen atoms in total. The molecular weight excluding hydrogens is 415 g/mol. The molecule has 2 aromatic heterocycles. The van der Waals surface area contributed by atoms with Crippen molar-refractivity contribution in [3.8, 4) is 0 Å². The minimum atomic E-state index is -0.187. The number of hydrogen-bond acceptors (Lipinski definition) is 6. The van der Waals surface area contributed by atoms with E-state index >= 15 is 0 Å². The predicted octanol–water partition coefficient (Wildman–Crippen LogP) is 2.46. The quantitative estimate of drug-likeness (QED) is 0.346.